The average molecular weight is 284 g/mol. The predicted molar refractivity (Wildman–Crippen MR) is 78.5 cm³/mol. The summed E-state index contributed by atoms with van der Waals surface area (Å²) in [4.78, 5) is 23.0. The number of amides is 2. The van der Waals surface area contributed by atoms with E-state index in [1.807, 2.05) is 20.8 Å². The van der Waals surface area contributed by atoms with Crippen molar-refractivity contribution in [2.45, 2.75) is 59.4 Å². The van der Waals surface area contributed by atoms with Gasteiger partial charge in [0.15, 0.2) is 0 Å². The highest BCUT2D eigenvalue weighted by Crippen LogP contribution is 2.25. The molecule has 0 bridgehead atoms. The number of hydrogen-bond acceptors (Lipinski definition) is 2. The minimum atomic E-state index is -0.852. The molecule has 0 aromatic rings. The molecule has 0 aromatic carbocycles. The summed E-state index contributed by atoms with van der Waals surface area (Å²) in [6.45, 7) is 8.33. The Morgan fingerprint density at radius 3 is 2.40 bits per heavy atom. The second-order valence-corrected chi connectivity index (χ2v) is 7.17. The third kappa shape index (κ3) is 5.80. The highest BCUT2D eigenvalue weighted by atomic mass is 16.4. The molecule has 3 N–H and O–H groups in total. The van der Waals surface area contributed by atoms with E-state index in [-0.39, 0.29) is 24.0 Å². The standard InChI is InChI=1S/C15H28N2O3/c1-10-6-5-7-12(10)17-14(20)16-9-11(13(18)19)8-15(2,3)4/h10-12H,5-9H2,1-4H3,(H,18,19)(H2,16,17,20). The van der Waals surface area contributed by atoms with E-state index in [4.69, 9.17) is 0 Å². The summed E-state index contributed by atoms with van der Waals surface area (Å²) < 4.78 is 0. The van der Waals surface area contributed by atoms with E-state index in [0.29, 0.717) is 12.3 Å². The van der Waals surface area contributed by atoms with E-state index < -0.39 is 11.9 Å². The second-order valence-electron chi connectivity index (χ2n) is 7.17. The number of carbonyl (C=O) groups excluding carboxylic acids is 1. The van der Waals surface area contributed by atoms with Crippen LogP contribution in [0, 0.1) is 17.3 Å². The topological polar surface area (TPSA) is 78.4 Å². The van der Waals surface area contributed by atoms with Gasteiger partial charge in [0, 0.05) is 12.6 Å². The molecule has 1 fully saturated rings. The van der Waals surface area contributed by atoms with Gasteiger partial charge in [-0.25, -0.2) is 4.79 Å². The molecule has 1 aliphatic carbocycles. The normalized spacial score (nSPS) is 24.2. The smallest absolute Gasteiger partial charge is 0.315 e. The quantitative estimate of drug-likeness (QED) is 0.726. The molecule has 2 amide bonds. The highest BCUT2D eigenvalue weighted by molar-refractivity contribution is 5.76. The molecule has 5 nitrogen and oxygen atoms in total. The lowest BCUT2D eigenvalue weighted by Crippen LogP contribution is -2.45. The Bertz CT molecular complexity index is 350. The maximum Gasteiger partial charge on any atom is 0.315 e. The van der Waals surface area contributed by atoms with E-state index in [1.54, 1.807) is 0 Å². The number of carbonyl (C=O) groups is 2. The van der Waals surface area contributed by atoms with Gasteiger partial charge in [-0.05, 0) is 30.6 Å². The van der Waals surface area contributed by atoms with Crippen LogP contribution in [0.5, 0.6) is 0 Å². The molecule has 3 atom stereocenters. The lowest BCUT2D eigenvalue weighted by atomic mass is 9.84. The molecule has 0 saturated heterocycles. The number of rotatable bonds is 5. The van der Waals surface area contributed by atoms with Gasteiger partial charge < -0.3 is 15.7 Å². The van der Waals surface area contributed by atoms with Gasteiger partial charge in [-0.15, -0.1) is 0 Å². The summed E-state index contributed by atoms with van der Waals surface area (Å²) in [6.07, 6.45) is 3.85. The molecule has 20 heavy (non-hydrogen) atoms. The van der Waals surface area contributed by atoms with Crippen molar-refractivity contribution in [1.29, 1.82) is 0 Å². The maximum atomic E-state index is 11.8. The van der Waals surface area contributed by atoms with E-state index in [2.05, 4.69) is 17.6 Å². The van der Waals surface area contributed by atoms with Crippen LogP contribution in [0.25, 0.3) is 0 Å². The summed E-state index contributed by atoms with van der Waals surface area (Å²) >= 11 is 0. The van der Waals surface area contributed by atoms with Gasteiger partial charge >= 0.3 is 12.0 Å². The number of urea groups is 1. The molecular formula is C15H28N2O3. The zero-order valence-corrected chi connectivity index (χ0v) is 13.0. The molecule has 116 valence electrons. The summed E-state index contributed by atoms with van der Waals surface area (Å²) in [6, 6.07) is -0.0233. The summed E-state index contributed by atoms with van der Waals surface area (Å²) in [7, 11) is 0. The van der Waals surface area contributed by atoms with Crippen LogP contribution in [-0.2, 0) is 4.79 Å². The van der Waals surface area contributed by atoms with E-state index >= 15 is 0 Å². The first-order valence-corrected chi connectivity index (χ1v) is 7.46. The van der Waals surface area contributed by atoms with Gasteiger partial charge in [-0.3, -0.25) is 4.79 Å². The van der Waals surface area contributed by atoms with Crippen LogP contribution in [0.2, 0.25) is 0 Å². The number of carboxylic acid groups (broad SMARTS) is 1. The summed E-state index contributed by atoms with van der Waals surface area (Å²) in [5.74, 6) is -0.887. The van der Waals surface area contributed by atoms with Gasteiger partial charge in [-0.2, -0.15) is 0 Å². The molecule has 1 aliphatic rings. The van der Waals surface area contributed by atoms with Crippen molar-refractivity contribution < 1.29 is 14.7 Å². The lowest BCUT2D eigenvalue weighted by Gasteiger charge is -2.24. The first-order chi connectivity index (χ1) is 9.19. The van der Waals surface area contributed by atoms with Crippen LogP contribution in [-0.4, -0.2) is 29.7 Å². The number of carboxylic acids is 1. The first-order valence-electron chi connectivity index (χ1n) is 7.46. The number of hydrogen-bond donors (Lipinski definition) is 3. The second kappa shape index (κ2) is 6.95. The third-order valence-electron chi connectivity index (χ3n) is 3.90. The van der Waals surface area contributed by atoms with Crippen molar-refractivity contribution in [2.75, 3.05) is 6.54 Å². The third-order valence-corrected chi connectivity index (χ3v) is 3.90. The van der Waals surface area contributed by atoms with E-state index in [9.17, 15) is 14.7 Å². The van der Waals surface area contributed by atoms with Gasteiger partial charge in [0.1, 0.15) is 0 Å². The Hall–Kier alpha value is -1.26. The van der Waals surface area contributed by atoms with Crippen molar-refractivity contribution >= 4 is 12.0 Å². The fraction of sp³-hybridized carbons (Fsp3) is 0.867. The Kier molecular flexibility index (Phi) is 5.84. The van der Waals surface area contributed by atoms with Crippen LogP contribution in [0.4, 0.5) is 4.79 Å². The molecule has 0 aromatic heterocycles. The van der Waals surface area contributed by atoms with E-state index in [0.717, 1.165) is 19.3 Å². The molecule has 1 rings (SSSR count). The molecule has 0 radical (unpaired) electrons. The lowest BCUT2D eigenvalue weighted by molar-refractivity contribution is -0.142. The maximum absolute atomic E-state index is 11.8. The van der Waals surface area contributed by atoms with Crippen LogP contribution < -0.4 is 10.6 Å². The number of nitrogens with one attached hydrogen (secondary N) is 2. The first kappa shape index (κ1) is 16.8. The van der Waals surface area contributed by atoms with Gasteiger partial charge in [0.2, 0.25) is 0 Å². The van der Waals surface area contributed by atoms with Gasteiger partial charge in [-0.1, -0.05) is 34.1 Å². The summed E-state index contributed by atoms with van der Waals surface area (Å²) in [5.41, 5.74) is -0.0683. The predicted octanol–water partition coefficient (Wildman–Crippen LogP) is 2.61. The molecule has 3 unspecified atom stereocenters. The molecule has 0 heterocycles. The Balaban J connectivity index is 2.39. The van der Waals surface area contributed by atoms with Gasteiger partial charge in [0.05, 0.1) is 5.92 Å². The van der Waals surface area contributed by atoms with Crippen LogP contribution in [0.15, 0.2) is 0 Å². The van der Waals surface area contributed by atoms with E-state index in [1.165, 1.54) is 0 Å². The Labute approximate surface area is 121 Å². The average Bonchev–Trinajstić information content (AvgIpc) is 2.68. The molecule has 1 saturated carbocycles. The van der Waals surface area contributed by atoms with Gasteiger partial charge in [0.25, 0.3) is 0 Å². The largest absolute Gasteiger partial charge is 0.481 e. The molecule has 0 aliphatic heterocycles. The Morgan fingerprint density at radius 2 is 1.95 bits per heavy atom. The molecule has 5 heteroatoms. The highest BCUT2D eigenvalue weighted by Gasteiger charge is 2.27. The van der Waals surface area contributed by atoms with Crippen molar-refractivity contribution in [3.8, 4) is 0 Å². The molecular weight excluding hydrogens is 256 g/mol. The van der Waals surface area contributed by atoms with Crippen LogP contribution in [0.1, 0.15) is 53.4 Å². The zero-order chi connectivity index (χ0) is 15.3. The minimum Gasteiger partial charge on any atom is -0.481 e. The van der Waals surface area contributed by atoms with Crippen LogP contribution in [0.3, 0.4) is 0 Å². The molecule has 0 spiro atoms. The fourth-order valence-electron chi connectivity index (χ4n) is 2.78. The van der Waals surface area contributed by atoms with Crippen molar-refractivity contribution in [3.05, 3.63) is 0 Å². The Morgan fingerprint density at radius 1 is 1.30 bits per heavy atom. The van der Waals surface area contributed by atoms with Crippen molar-refractivity contribution in [3.63, 3.8) is 0 Å². The minimum absolute atomic E-state index is 0.0683. The monoisotopic (exact) mass is 284 g/mol. The zero-order valence-electron chi connectivity index (χ0n) is 13.0. The van der Waals surface area contributed by atoms with Crippen molar-refractivity contribution in [2.24, 2.45) is 17.3 Å². The van der Waals surface area contributed by atoms with Crippen molar-refractivity contribution in [1.82, 2.24) is 10.6 Å². The number of aliphatic carboxylic acids is 1. The fourth-order valence-corrected chi connectivity index (χ4v) is 2.78. The SMILES string of the molecule is CC1CCCC1NC(=O)NCC(CC(C)(C)C)C(=O)O. The van der Waals surface area contributed by atoms with Crippen LogP contribution >= 0.6 is 0 Å². The summed E-state index contributed by atoms with van der Waals surface area (Å²) in [5, 5.41) is 14.9.